The molecule has 0 rings (SSSR count). The second-order valence-corrected chi connectivity index (χ2v) is 6.93. The van der Waals surface area contributed by atoms with Gasteiger partial charge in [-0.05, 0) is 29.6 Å². The predicted octanol–water partition coefficient (Wildman–Crippen LogP) is 5.44. The molecule has 0 heterocycles. The molecule has 0 saturated heterocycles. The number of rotatable bonds is 5. The van der Waals surface area contributed by atoms with Gasteiger partial charge in [-0.15, -0.1) is 0 Å². The Balaban J connectivity index is 4.20. The van der Waals surface area contributed by atoms with Gasteiger partial charge in [0.1, 0.15) is 0 Å². The van der Waals surface area contributed by atoms with Crippen molar-refractivity contribution in [2.24, 2.45) is 16.7 Å². The molecule has 0 aliphatic heterocycles. The van der Waals surface area contributed by atoms with Crippen molar-refractivity contribution < 1.29 is 0 Å². The summed E-state index contributed by atoms with van der Waals surface area (Å²) >= 11 is 0. The molecule has 0 saturated carbocycles. The minimum absolute atomic E-state index is 0.382. The van der Waals surface area contributed by atoms with Crippen molar-refractivity contribution in [1.29, 1.82) is 0 Å². The van der Waals surface area contributed by atoms with Gasteiger partial charge in [-0.3, -0.25) is 0 Å². The molecule has 90 valence electrons. The first kappa shape index (κ1) is 14.7. The first-order valence-corrected chi connectivity index (χ1v) is 6.25. The molecular weight excluding hydrogens is 180 g/mol. The molecule has 0 spiro atoms. The monoisotopic (exact) mass is 210 g/mol. The van der Waals surface area contributed by atoms with Crippen molar-refractivity contribution in [2.75, 3.05) is 0 Å². The summed E-state index contributed by atoms with van der Waals surface area (Å²) in [6.45, 7) is 20.4. The van der Waals surface area contributed by atoms with Gasteiger partial charge in [0.2, 0.25) is 0 Å². The van der Waals surface area contributed by atoms with Gasteiger partial charge in [-0.25, -0.2) is 0 Å². The molecule has 0 aliphatic rings. The molecule has 0 heteroatoms. The van der Waals surface area contributed by atoms with E-state index in [0.29, 0.717) is 10.8 Å². The highest BCUT2D eigenvalue weighted by atomic mass is 14.3. The minimum atomic E-state index is 0.382. The summed E-state index contributed by atoms with van der Waals surface area (Å²) in [7, 11) is 0. The maximum Gasteiger partial charge on any atom is -0.0274 e. The minimum Gasteiger partial charge on any atom is -0.0998 e. The molecule has 1 atom stereocenters. The molecule has 0 nitrogen and oxygen atoms in total. The predicted molar refractivity (Wildman–Crippen MR) is 71.1 cm³/mol. The first-order chi connectivity index (χ1) is 6.58. The highest BCUT2D eigenvalue weighted by molar-refractivity contribution is 5.00. The van der Waals surface area contributed by atoms with Crippen LogP contribution in [0.5, 0.6) is 0 Å². The third-order valence-electron chi connectivity index (χ3n) is 3.62. The number of hydrogen-bond donors (Lipinski definition) is 0. The Labute approximate surface area is 97.2 Å². The fraction of sp³-hybridized carbons (Fsp3) is 0.867. The van der Waals surface area contributed by atoms with Gasteiger partial charge in [0.25, 0.3) is 0 Å². The molecule has 0 bridgehead atoms. The molecule has 0 fully saturated rings. The summed E-state index contributed by atoms with van der Waals surface area (Å²) in [5.74, 6) is 0.734. The van der Waals surface area contributed by atoms with Crippen molar-refractivity contribution in [3.05, 3.63) is 12.2 Å². The Bertz CT molecular complexity index is 203. The average molecular weight is 210 g/mol. The van der Waals surface area contributed by atoms with Gasteiger partial charge >= 0.3 is 0 Å². The molecule has 0 N–H and O–H groups in total. The Morgan fingerprint density at radius 1 is 1.13 bits per heavy atom. The maximum atomic E-state index is 4.23. The van der Waals surface area contributed by atoms with E-state index in [2.05, 4.69) is 55.0 Å². The van der Waals surface area contributed by atoms with E-state index in [1.165, 1.54) is 18.4 Å². The molecule has 0 amide bonds. The Morgan fingerprint density at radius 2 is 1.60 bits per heavy atom. The second-order valence-electron chi connectivity index (χ2n) is 6.93. The van der Waals surface area contributed by atoms with Gasteiger partial charge in [-0.2, -0.15) is 0 Å². The average Bonchev–Trinajstić information content (AvgIpc) is 2.00. The molecule has 0 aromatic rings. The van der Waals surface area contributed by atoms with E-state index in [9.17, 15) is 0 Å². The zero-order chi connectivity index (χ0) is 12.3. The lowest BCUT2D eigenvalue weighted by Crippen LogP contribution is -2.21. The summed E-state index contributed by atoms with van der Waals surface area (Å²) in [6, 6.07) is 0. The Kier molecular flexibility index (Phi) is 5.09. The van der Waals surface area contributed by atoms with Crippen LogP contribution >= 0.6 is 0 Å². The van der Waals surface area contributed by atoms with Gasteiger partial charge < -0.3 is 0 Å². The van der Waals surface area contributed by atoms with Crippen molar-refractivity contribution in [1.82, 2.24) is 0 Å². The third-order valence-corrected chi connectivity index (χ3v) is 3.62. The van der Waals surface area contributed by atoms with E-state index in [0.717, 1.165) is 12.3 Å². The highest BCUT2D eigenvalue weighted by Crippen LogP contribution is 2.36. The van der Waals surface area contributed by atoms with Gasteiger partial charge in [0.15, 0.2) is 0 Å². The van der Waals surface area contributed by atoms with Crippen LogP contribution in [0.25, 0.3) is 0 Å². The summed E-state index contributed by atoms with van der Waals surface area (Å²) < 4.78 is 0. The van der Waals surface area contributed by atoms with Crippen LogP contribution in [-0.2, 0) is 0 Å². The van der Waals surface area contributed by atoms with Crippen LogP contribution in [0.3, 0.4) is 0 Å². The topological polar surface area (TPSA) is 0 Å². The van der Waals surface area contributed by atoms with Gasteiger partial charge in [0, 0.05) is 0 Å². The standard InChI is InChI=1S/C15H30/c1-9-15(7,8)13(3)10-12(2)11-14(4,5)6/h13H,2,9-11H2,1,3-8H3. The molecule has 15 heavy (non-hydrogen) atoms. The van der Waals surface area contributed by atoms with Crippen molar-refractivity contribution in [3.8, 4) is 0 Å². The quantitative estimate of drug-likeness (QED) is 0.530. The van der Waals surface area contributed by atoms with Crippen LogP contribution in [0, 0.1) is 16.7 Å². The third kappa shape index (κ3) is 6.02. The molecule has 0 aliphatic carbocycles. The SMILES string of the molecule is C=C(CC(C)C(C)(C)CC)CC(C)(C)C. The lowest BCUT2D eigenvalue weighted by Gasteiger charge is -2.32. The number of hydrogen-bond acceptors (Lipinski definition) is 0. The normalized spacial score (nSPS) is 15.1. The van der Waals surface area contributed by atoms with Crippen LogP contribution in [0.15, 0.2) is 12.2 Å². The van der Waals surface area contributed by atoms with Crippen molar-refractivity contribution in [3.63, 3.8) is 0 Å². The van der Waals surface area contributed by atoms with E-state index in [1.807, 2.05) is 0 Å². The van der Waals surface area contributed by atoms with Crippen LogP contribution in [0.2, 0.25) is 0 Å². The smallest absolute Gasteiger partial charge is 0.0274 e. The van der Waals surface area contributed by atoms with E-state index in [1.54, 1.807) is 0 Å². The van der Waals surface area contributed by atoms with Crippen molar-refractivity contribution in [2.45, 2.75) is 67.7 Å². The fourth-order valence-corrected chi connectivity index (χ4v) is 1.88. The zero-order valence-electron chi connectivity index (χ0n) is 11.9. The molecule has 0 aromatic heterocycles. The van der Waals surface area contributed by atoms with E-state index < -0.39 is 0 Å². The van der Waals surface area contributed by atoms with E-state index in [-0.39, 0.29) is 0 Å². The van der Waals surface area contributed by atoms with Crippen LogP contribution < -0.4 is 0 Å². The maximum absolute atomic E-state index is 4.23. The fourth-order valence-electron chi connectivity index (χ4n) is 1.88. The lowest BCUT2D eigenvalue weighted by molar-refractivity contribution is 0.216. The van der Waals surface area contributed by atoms with Gasteiger partial charge in [-0.1, -0.05) is 67.0 Å². The zero-order valence-corrected chi connectivity index (χ0v) is 11.9. The van der Waals surface area contributed by atoms with Crippen LogP contribution in [0.1, 0.15) is 67.7 Å². The molecular formula is C15H30. The molecule has 0 aromatic carbocycles. The summed E-state index contributed by atoms with van der Waals surface area (Å²) in [6.07, 6.45) is 3.58. The second kappa shape index (κ2) is 5.18. The van der Waals surface area contributed by atoms with Crippen LogP contribution in [0.4, 0.5) is 0 Å². The lowest BCUT2D eigenvalue weighted by atomic mass is 9.73. The van der Waals surface area contributed by atoms with Crippen LogP contribution in [-0.4, -0.2) is 0 Å². The molecule has 0 radical (unpaired) electrons. The van der Waals surface area contributed by atoms with Crippen molar-refractivity contribution >= 4 is 0 Å². The first-order valence-electron chi connectivity index (χ1n) is 6.25. The largest absolute Gasteiger partial charge is 0.0998 e. The number of allylic oxidation sites excluding steroid dienone is 1. The summed E-state index contributed by atoms with van der Waals surface area (Å²) in [4.78, 5) is 0. The Hall–Kier alpha value is -0.260. The Morgan fingerprint density at radius 3 is 1.93 bits per heavy atom. The molecule has 1 unspecified atom stereocenters. The highest BCUT2D eigenvalue weighted by Gasteiger charge is 2.24. The van der Waals surface area contributed by atoms with Gasteiger partial charge in [0.05, 0.1) is 0 Å². The van der Waals surface area contributed by atoms with E-state index in [4.69, 9.17) is 0 Å². The summed E-state index contributed by atoms with van der Waals surface area (Å²) in [5.41, 5.74) is 2.24. The summed E-state index contributed by atoms with van der Waals surface area (Å²) in [5, 5.41) is 0. The van der Waals surface area contributed by atoms with E-state index >= 15 is 0 Å².